The first-order valence-corrected chi connectivity index (χ1v) is 7.83. The van der Waals surface area contributed by atoms with Gasteiger partial charge in [-0.3, -0.25) is 4.79 Å². The maximum absolute atomic E-state index is 12.8. The Morgan fingerprint density at radius 2 is 2.05 bits per heavy atom. The fourth-order valence-electron chi connectivity index (χ4n) is 2.70. The Labute approximate surface area is 131 Å². The molecule has 1 aliphatic carbocycles. The highest BCUT2D eigenvalue weighted by Gasteiger charge is 2.34. The molecule has 116 valence electrons. The summed E-state index contributed by atoms with van der Waals surface area (Å²) in [5.74, 6) is 0.969. The summed E-state index contributed by atoms with van der Waals surface area (Å²) in [5.41, 5.74) is 1.81. The largest absolute Gasteiger partial charge is 0.494 e. The van der Waals surface area contributed by atoms with E-state index in [-0.39, 0.29) is 5.91 Å². The second-order valence-corrected chi connectivity index (χ2v) is 5.71. The van der Waals surface area contributed by atoms with E-state index in [1.807, 2.05) is 66.0 Å². The molecule has 0 saturated heterocycles. The Balaban J connectivity index is 1.84. The van der Waals surface area contributed by atoms with Crippen LogP contribution in [0.2, 0.25) is 0 Å². The highest BCUT2D eigenvalue weighted by Crippen LogP contribution is 2.31. The van der Waals surface area contributed by atoms with E-state index in [9.17, 15) is 4.79 Å². The van der Waals surface area contributed by atoms with Crippen molar-refractivity contribution in [2.24, 2.45) is 7.05 Å². The van der Waals surface area contributed by atoms with Crippen LogP contribution in [0.15, 0.2) is 42.6 Å². The van der Waals surface area contributed by atoms with Crippen LogP contribution in [-0.4, -0.2) is 28.0 Å². The van der Waals surface area contributed by atoms with E-state index in [1.165, 1.54) is 0 Å². The average Bonchev–Trinajstić information content (AvgIpc) is 3.27. The van der Waals surface area contributed by atoms with Crippen LogP contribution in [0.3, 0.4) is 0 Å². The molecule has 0 bridgehead atoms. The average molecular weight is 298 g/mol. The number of carbonyl (C=O) groups excluding carboxylic acids is 1. The molecule has 1 aromatic carbocycles. The van der Waals surface area contributed by atoms with E-state index in [4.69, 9.17) is 4.74 Å². The number of nitrogens with zero attached hydrogens (tertiary/aromatic N) is 2. The zero-order valence-corrected chi connectivity index (χ0v) is 13.2. The van der Waals surface area contributed by atoms with Crippen LogP contribution in [0, 0.1) is 0 Å². The number of hydrogen-bond acceptors (Lipinski definition) is 2. The molecule has 1 fully saturated rings. The van der Waals surface area contributed by atoms with Crippen LogP contribution in [0.25, 0.3) is 0 Å². The molecule has 3 rings (SSSR count). The van der Waals surface area contributed by atoms with Gasteiger partial charge in [-0.2, -0.15) is 0 Å². The lowest BCUT2D eigenvalue weighted by Crippen LogP contribution is -2.33. The smallest absolute Gasteiger partial charge is 0.271 e. The van der Waals surface area contributed by atoms with Gasteiger partial charge in [0.25, 0.3) is 5.91 Å². The lowest BCUT2D eigenvalue weighted by molar-refractivity contribution is 0.0719. The summed E-state index contributed by atoms with van der Waals surface area (Å²) >= 11 is 0. The number of aryl methyl sites for hydroxylation is 1. The van der Waals surface area contributed by atoms with E-state index in [2.05, 4.69) is 0 Å². The number of benzene rings is 1. The number of hydrogen-bond donors (Lipinski definition) is 0. The minimum atomic E-state index is 0.0984. The maximum Gasteiger partial charge on any atom is 0.271 e. The van der Waals surface area contributed by atoms with Crippen molar-refractivity contribution in [3.63, 3.8) is 0 Å². The topological polar surface area (TPSA) is 34.5 Å². The molecular weight excluding hydrogens is 276 g/mol. The van der Waals surface area contributed by atoms with Crippen molar-refractivity contribution in [3.8, 4) is 5.75 Å². The van der Waals surface area contributed by atoms with Crippen molar-refractivity contribution in [1.29, 1.82) is 0 Å². The number of ether oxygens (including phenoxy) is 1. The van der Waals surface area contributed by atoms with Gasteiger partial charge in [0.15, 0.2) is 0 Å². The Morgan fingerprint density at radius 1 is 1.27 bits per heavy atom. The molecule has 1 amide bonds. The van der Waals surface area contributed by atoms with Crippen LogP contribution in [0.1, 0.15) is 35.8 Å². The van der Waals surface area contributed by atoms with E-state index in [0.29, 0.717) is 19.2 Å². The van der Waals surface area contributed by atoms with E-state index < -0.39 is 0 Å². The first-order chi connectivity index (χ1) is 10.7. The number of rotatable bonds is 6. The highest BCUT2D eigenvalue weighted by molar-refractivity contribution is 5.93. The standard InChI is InChI=1S/C18H22N2O2/c1-3-22-17-9-5-4-7-14(17)13-20(15-10-11-15)18(21)16-8-6-12-19(16)2/h4-9,12,15H,3,10-11,13H2,1-2H3. The van der Waals surface area contributed by atoms with Gasteiger partial charge in [-0.05, 0) is 38.0 Å². The van der Waals surface area contributed by atoms with E-state index >= 15 is 0 Å². The van der Waals surface area contributed by atoms with Gasteiger partial charge in [0.05, 0.1) is 6.61 Å². The fraction of sp³-hybridized carbons (Fsp3) is 0.389. The van der Waals surface area contributed by atoms with E-state index in [0.717, 1.165) is 29.8 Å². The van der Waals surface area contributed by atoms with Crippen LogP contribution in [0.5, 0.6) is 5.75 Å². The van der Waals surface area contributed by atoms with Crippen molar-refractivity contribution < 1.29 is 9.53 Å². The second kappa shape index (κ2) is 6.26. The maximum atomic E-state index is 12.8. The normalized spacial score (nSPS) is 13.9. The molecule has 1 aliphatic rings. The molecule has 0 spiro atoms. The fourth-order valence-corrected chi connectivity index (χ4v) is 2.70. The Kier molecular flexibility index (Phi) is 4.18. The predicted octanol–water partition coefficient (Wildman–Crippen LogP) is 3.23. The Hall–Kier alpha value is -2.23. The minimum absolute atomic E-state index is 0.0984. The van der Waals surface area contributed by atoms with Crippen LogP contribution < -0.4 is 4.74 Å². The quantitative estimate of drug-likeness (QED) is 0.820. The molecule has 1 heterocycles. The Bertz CT molecular complexity index is 659. The highest BCUT2D eigenvalue weighted by atomic mass is 16.5. The molecule has 2 aromatic rings. The van der Waals surface area contributed by atoms with E-state index in [1.54, 1.807) is 0 Å². The van der Waals surface area contributed by atoms with Crippen LogP contribution in [-0.2, 0) is 13.6 Å². The van der Waals surface area contributed by atoms with Gasteiger partial charge in [0.2, 0.25) is 0 Å². The number of amides is 1. The summed E-state index contributed by atoms with van der Waals surface area (Å²) in [6, 6.07) is 12.1. The van der Waals surface area contributed by atoms with Crippen LogP contribution in [0.4, 0.5) is 0 Å². The van der Waals surface area contributed by atoms with Gasteiger partial charge in [0, 0.05) is 31.4 Å². The first kappa shape index (κ1) is 14.7. The summed E-state index contributed by atoms with van der Waals surface area (Å²) < 4.78 is 7.57. The zero-order chi connectivity index (χ0) is 15.5. The van der Waals surface area contributed by atoms with Crippen molar-refractivity contribution in [2.75, 3.05) is 6.61 Å². The predicted molar refractivity (Wildman–Crippen MR) is 85.9 cm³/mol. The van der Waals surface area contributed by atoms with Gasteiger partial charge >= 0.3 is 0 Å². The molecule has 1 saturated carbocycles. The van der Waals surface area contributed by atoms with Gasteiger partial charge in [-0.15, -0.1) is 0 Å². The third kappa shape index (κ3) is 3.01. The SMILES string of the molecule is CCOc1ccccc1CN(C(=O)c1cccn1C)C1CC1. The molecule has 0 N–H and O–H groups in total. The van der Waals surface area contributed by atoms with Crippen molar-refractivity contribution >= 4 is 5.91 Å². The van der Waals surface area contributed by atoms with Crippen molar-refractivity contribution in [2.45, 2.75) is 32.4 Å². The third-order valence-electron chi connectivity index (χ3n) is 4.02. The molecular formula is C18H22N2O2. The summed E-state index contributed by atoms with van der Waals surface area (Å²) in [5, 5.41) is 0. The Morgan fingerprint density at radius 3 is 2.68 bits per heavy atom. The number of aromatic nitrogens is 1. The number of carbonyl (C=O) groups is 1. The molecule has 4 nitrogen and oxygen atoms in total. The monoisotopic (exact) mass is 298 g/mol. The lowest BCUT2D eigenvalue weighted by Gasteiger charge is -2.24. The van der Waals surface area contributed by atoms with Gasteiger partial charge < -0.3 is 14.2 Å². The summed E-state index contributed by atoms with van der Waals surface area (Å²) in [4.78, 5) is 14.8. The molecule has 0 aliphatic heterocycles. The van der Waals surface area contributed by atoms with Crippen LogP contribution >= 0.6 is 0 Å². The van der Waals surface area contributed by atoms with Crippen molar-refractivity contribution in [1.82, 2.24) is 9.47 Å². The summed E-state index contributed by atoms with van der Waals surface area (Å²) in [6.45, 7) is 3.21. The molecule has 0 radical (unpaired) electrons. The third-order valence-corrected chi connectivity index (χ3v) is 4.02. The molecule has 0 unspecified atom stereocenters. The van der Waals surface area contributed by atoms with Gasteiger partial charge in [-0.25, -0.2) is 0 Å². The van der Waals surface area contributed by atoms with Gasteiger partial charge in [0.1, 0.15) is 11.4 Å². The lowest BCUT2D eigenvalue weighted by atomic mass is 10.1. The summed E-state index contributed by atoms with van der Waals surface area (Å²) in [7, 11) is 1.91. The zero-order valence-electron chi connectivity index (χ0n) is 13.2. The van der Waals surface area contributed by atoms with Crippen molar-refractivity contribution in [3.05, 3.63) is 53.9 Å². The second-order valence-electron chi connectivity index (χ2n) is 5.71. The summed E-state index contributed by atoms with van der Waals surface area (Å²) in [6.07, 6.45) is 4.09. The minimum Gasteiger partial charge on any atom is -0.494 e. The number of para-hydroxylation sites is 1. The molecule has 0 atom stereocenters. The molecule has 22 heavy (non-hydrogen) atoms. The molecule has 1 aromatic heterocycles. The van der Waals surface area contributed by atoms with Gasteiger partial charge in [-0.1, -0.05) is 18.2 Å². The molecule has 4 heteroatoms. The first-order valence-electron chi connectivity index (χ1n) is 7.83.